The van der Waals surface area contributed by atoms with Crippen molar-refractivity contribution in [3.8, 4) is 0 Å². The third-order valence-electron chi connectivity index (χ3n) is 3.88. The van der Waals surface area contributed by atoms with E-state index in [1.165, 1.54) is 30.1 Å². The van der Waals surface area contributed by atoms with Gasteiger partial charge < -0.3 is 10.1 Å². The van der Waals surface area contributed by atoms with Gasteiger partial charge in [-0.25, -0.2) is 14.8 Å². The molecule has 0 saturated heterocycles. The Labute approximate surface area is 159 Å². The average Bonchev–Trinajstić information content (AvgIpc) is 2.94. The zero-order chi connectivity index (χ0) is 18.7. The smallest absolute Gasteiger partial charge is 0.339 e. The number of aryl methyl sites for hydroxylation is 2. The highest BCUT2D eigenvalue weighted by Gasteiger charge is 2.16. The number of amides is 1. The van der Waals surface area contributed by atoms with Crippen LogP contribution < -0.4 is 5.32 Å². The number of rotatable bonds is 5. The third-order valence-corrected chi connectivity index (χ3v) is 5.98. The highest BCUT2D eigenvalue weighted by molar-refractivity contribution is 8.00. The van der Waals surface area contributed by atoms with E-state index in [9.17, 15) is 9.59 Å². The Kier molecular flexibility index (Phi) is 5.53. The summed E-state index contributed by atoms with van der Waals surface area (Å²) in [6, 6.07) is 6.75. The SMILES string of the molecule is COC(=O)c1ccccc1NC(=O)CSc1ncnc2sc(C)c(C)c12. The molecule has 0 aliphatic heterocycles. The van der Waals surface area contributed by atoms with Crippen molar-refractivity contribution in [2.24, 2.45) is 0 Å². The minimum absolute atomic E-state index is 0.177. The molecule has 0 fully saturated rings. The Hall–Kier alpha value is -2.45. The fraction of sp³-hybridized carbons (Fsp3) is 0.222. The number of methoxy groups -OCH3 is 1. The number of esters is 1. The first-order valence-corrected chi connectivity index (χ1v) is 9.62. The molecule has 6 nitrogen and oxygen atoms in total. The summed E-state index contributed by atoms with van der Waals surface area (Å²) in [7, 11) is 1.31. The molecule has 0 atom stereocenters. The maximum absolute atomic E-state index is 12.4. The lowest BCUT2D eigenvalue weighted by Gasteiger charge is -2.09. The molecule has 1 amide bonds. The number of para-hydroxylation sites is 1. The van der Waals surface area contributed by atoms with Gasteiger partial charge in [0.05, 0.1) is 24.1 Å². The van der Waals surface area contributed by atoms with E-state index in [0.29, 0.717) is 11.3 Å². The number of benzene rings is 1. The maximum Gasteiger partial charge on any atom is 0.339 e. The number of thiophene rings is 1. The Morgan fingerprint density at radius 2 is 2.00 bits per heavy atom. The van der Waals surface area contributed by atoms with E-state index in [-0.39, 0.29) is 11.7 Å². The first-order valence-electron chi connectivity index (χ1n) is 7.82. The van der Waals surface area contributed by atoms with Crippen molar-refractivity contribution >= 4 is 50.9 Å². The topological polar surface area (TPSA) is 81.2 Å². The fourth-order valence-corrected chi connectivity index (χ4v) is 4.38. The van der Waals surface area contributed by atoms with Crippen molar-refractivity contribution in [3.05, 3.63) is 46.6 Å². The largest absolute Gasteiger partial charge is 0.465 e. The first kappa shape index (κ1) is 18.3. The van der Waals surface area contributed by atoms with Crippen LogP contribution in [0, 0.1) is 13.8 Å². The highest BCUT2D eigenvalue weighted by atomic mass is 32.2. The summed E-state index contributed by atoms with van der Waals surface area (Å²) in [5, 5.41) is 4.55. The molecule has 0 aliphatic carbocycles. The van der Waals surface area contributed by atoms with E-state index >= 15 is 0 Å². The normalized spacial score (nSPS) is 10.7. The molecule has 0 radical (unpaired) electrons. The van der Waals surface area contributed by atoms with Crippen LogP contribution in [0.4, 0.5) is 5.69 Å². The van der Waals surface area contributed by atoms with Gasteiger partial charge in [0, 0.05) is 10.3 Å². The molecule has 3 rings (SSSR count). The number of carbonyl (C=O) groups is 2. The van der Waals surface area contributed by atoms with Crippen molar-refractivity contribution in [1.29, 1.82) is 0 Å². The van der Waals surface area contributed by atoms with Crippen LogP contribution in [0.5, 0.6) is 0 Å². The van der Waals surface area contributed by atoms with Crippen molar-refractivity contribution < 1.29 is 14.3 Å². The van der Waals surface area contributed by atoms with Gasteiger partial charge in [0.2, 0.25) is 5.91 Å². The van der Waals surface area contributed by atoms with Gasteiger partial charge in [-0.05, 0) is 31.5 Å². The predicted octanol–water partition coefficient (Wildman–Crippen LogP) is 3.83. The molecule has 0 unspecified atom stereocenters. The van der Waals surface area contributed by atoms with Crippen LogP contribution in [0.1, 0.15) is 20.8 Å². The minimum atomic E-state index is -0.490. The first-order chi connectivity index (χ1) is 12.5. The van der Waals surface area contributed by atoms with E-state index in [1.807, 2.05) is 13.8 Å². The summed E-state index contributed by atoms with van der Waals surface area (Å²) < 4.78 is 4.74. The van der Waals surface area contributed by atoms with Crippen molar-refractivity contribution in [3.63, 3.8) is 0 Å². The van der Waals surface area contributed by atoms with Crippen LogP contribution >= 0.6 is 23.1 Å². The summed E-state index contributed by atoms with van der Waals surface area (Å²) in [6.45, 7) is 4.08. The number of thioether (sulfide) groups is 1. The molecule has 134 valence electrons. The second-order valence-corrected chi connectivity index (χ2v) is 7.68. The number of carbonyl (C=O) groups excluding carboxylic acids is 2. The molecular weight excluding hydrogens is 370 g/mol. The summed E-state index contributed by atoms with van der Waals surface area (Å²) in [5.41, 5.74) is 1.90. The summed E-state index contributed by atoms with van der Waals surface area (Å²) in [6.07, 6.45) is 1.52. The molecule has 26 heavy (non-hydrogen) atoms. The number of hydrogen-bond acceptors (Lipinski definition) is 7. The van der Waals surface area contributed by atoms with Gasteiger partial charge >= 0.3 is 5.97 Å². The molecule has 2 heterocycles. The van der Waals surface area contributed by atoms with E-state index in [1.54, 1.807) is 35.6 Å². The molecule has 8 heteroatoms. The van der Waals surface area contributed by atoms with Crippen LogP contribution in [0.25, 0.3) is 10.2 Å². The minimum Gasteiger partial charge on any atom is -0.465 e. The van der Waals surface area contributed by atoms with Gasteiger partial charge in [-0.3, -0.25) is 4.79 Å². The third kappa shape index (κ3) is 3.71. The van der Waals surface area contributed by atoms with Crippen LogP contribution in [0.2, 0.25) is 0 Å². The van der Waals surface area contributed by atoms with Crippen molar-refractivity contribution in [1.82, 2.24) is 9.97 Å². The maximum atomic E-state index is 12.4. The lowest BCUT2D eigenvalue weighted by molar-refractivity contribution is -0.113. The van der Waals surface area contributed by atoms with Gasteiger partial charge in [0.1, 0.15) is 16.2 Å². The molecule has 0 aliphatic rings. The van der Waals surface area contributed by atoms with Gasteiger partial charge in [-0.2, -0.15) is 0 Å². The zero-order valence-corrected chi connectivity index (χ0v) is 16.2. The Morgan fingerprint density at radius 1 is 1.23 bits per heavy atom. The van der Waals surface area contributed by atoms with Crippen LogP contribution in [0.15, 0.2) is 35.6 Å². The molecule has 0 saturated carbocycles. The van der Waals surface area contributed by atoms with E-state index in [2.05, 4.69) is 15.3 Å². The predicted molar refractivity (Wildman–Crippen MR) is 104 cm³/mol. The summed E-state index contributed by atoms with van der Waals surface area (Å²) in [5.74, 6) is -0.533. The number of fused-ring (bicyclic) bond motifs is 1. The second kappa shape index (κ2) is 7.84. The number of nitrogens with zero attached hydrogens (tertiary/aromatic N) is 2. The Balaban J connectivity index is 1.74. The van der Waals surface area contributed by atoms with Gasteiger partial charge in [-0.1, -0.05) is 23.9 Å². The molecule has 1 aromatic carbocycles. The lowest BCUT2D eigenvalue weighted by atomic mass is 10.2. The monoisotopic (exact) mass is 387 g/mol. The number of anilines is 1. The standard InChI is InChI=1S/C18H17N3O3S2/c1-10-11(2)26-17-15(10)16(19-9-20-17)25-8-14(22)21-13-7-5-4-6-12(13)18(23)24-3/h4-7,9H,8H2,1-3H3,(H,21,22). The van der Waals surface area contributed by atoms with Crippen LogP contribution in [-0.4, -0.2) is 34.7 Å². The second-order valence-electron chi connectivity index (χ2n) is 5.52. The molecular formula is C18H17N3O3S2. The number of hydrogen-bond donors (Lipinski definition) is 1. The Bertz CT molecular complexity index is 985. The van der Waals surface area contributed by atoms with Crippen molar-refractivity contribution in [2.75, 3.05) is 18.2 Å². The quantitative estimate of drug-likeness (QED) is 0.407. The Morgan fingerprint density at radius 3 is 2.77 bits per heavy atom. The average molecular weight is 387 g/mol. The van der Waals surface area contributed by atoms with Crippen molar-refractivity contribution in [2.45, 2.75) is 18.9 Å². The summed E-state index contributed by atoms with van der Waals surface area (Å²) in [4.78, 5) is 34.9. The fourth-order valence-electron chi connectivity index (χ4n) is 2.46. The van der Waals surface area contributed by atoms with Gasteiger partial charge in [0.15, 0.2) is 0 Å². The number of aromatic nitrogens is 2. The highest BCUT2D eigenvalue weighted by Crippen LogP contribution is 2.34. The molecule has 0 spiro atoms. The van der Waals surface area contributed by atoms with E-state index in [4.69, 9.17) is 4.74 Å². The van der Waals surface area contributed by atoms with E-state index < -0.39 is 5.97 Å². The number of nitrogens with one attached hydrogen (secondary N) is 1. The molecule has 3 aromatic rings. The van der Waals surface area contributed by atoms with Crippen LogP contribution in [0.3, 0.4) is 0 Å². The molecule has 1 N–H and O–H groups in total. The van der Waals surface area contributed by atoms with Gasteiger partial charge in [-0.15, -0.1) is 11.3 Å². The van der Waals surface area contributed by atoms with E-state index in [0.717, 1.165) is 20.8 Å². The molecule has 2 aromatic heterocycles. The lowest BCUT2D eigenvalue weighted by Crippen LogP contribution is -2.17. The number of ether oxygens (including phenoxy) is 1. The van der Waals surface area contributed by atoms with Crippen LogP contribution in [-0.2, 0) is 9.53 Å². The molecule has 0 bridgehead atoms. The van der Waals surface area contributed by atoms with Gasteiger partial charge in [0.25, 0.3) is 0 Å². The summed E-state index contributed by atoms with van der Waals surface area (Å²) >= 11 is 2.97. The zero-order valence-electron chi connectivity index (χ0n) is 14.5.